The number of carbonyl (C=O) groups is 1. The first kappa shape index (κ1) is 15.4. The molecule has 118 valence electrons. The number of aldehydes is 1. The number of carbonyl (C=O) groups excluding carboxylic acids is 1. The van der Waals surface area contributed by atoms with Crippen LogP contribution >= 0.6 is 0 Å². The molecule has 0 saturated heterocycles. The molecule has 0 fully saturated rings. The average Bonchev–Trinajstić information content (AvgIpc) is 2.43. The van der Waals surface area contributed by atoms with E-state index in [0.29, 0.717) is 50.5 Å². The van der Waals surface area contributed by atoms with Gasteiger partial charge in [0.1, 0.15) is 4.90 Å². The van der Waals surface area contributed by atoms with Gasteiger partial charge in [0.15, 0.2) is 6.29 Å². The van der Waals surface area contributed by atoms with Crippen LogP contribution in [0.3, 0.4) is 0 Å². The van der Waals surface area contributed by atoms with E-state index in [4.69, 9.17) is 5.73 Å². The van der Waals surface area contributed by atoms with Crippen molar-refractivity contribution >= 4 is 43.9 Å². The third kappa shape index (κ3) is 2.34. The van der Waals surface area contributed by atoms with Gasteiger partial charge < -0.3 is 5.73 Å². The van der Waals surface area contributed by atoms with Gasteiger partial charge in [-0.1, -0.05) is 6.07 Å². The molecule has 3 aromatic rings. The van der Waals surface area contributed by atoms with Crippen LogP contribution in [0.4, 0.5) is 5.69 Å². The predicted molar refractivity (Wildman–Crippen MR) is 88.3 cm³/mol. The standard InChI is InChI=1S/C16H14N2O4S/c1-8-5-14-15(9(2)16(8)23(20,21)22)12(7-19)11-4-3-10(17)6-13(11)18-14/h3-7H,17H2,1-2H3,(H,20,21,22). The van der Waals surface area contributed by atoms with Gasteiger partial charge in [0.25, 0.3) is 10.1 Å². The number of benzene rings is 2. The van der Waals surface area contributed by atoms with Crippen molar-refractivity contribution in [3.05, 3.63) is 41.0 Å². The van der Waals surface area contributed by atoms with Crippen molar-refractivity contribution in [3.63, 3.8) is 0 Å². The van der Waals surface area contributed by atoms with Gasteiger partial charge in [-0.2, -0.15) is 8.42 Å². The summed E-state index contributed by atoms with van der Waals surface area (Å²) in [6.45, 7) is 3.12. The normalized spacial score (nSPS) is 12.0. The number of aryl methyl sites for hydroxylation is 2. The Morgan fingerprint density at radius 3 is 2.48 bits per heavy atom. The fourth-order valence-electron chi connectivity index (χ4n) is 3.03. The van der Waals surface area contributed by atoms with Gasteiger partial charge in [0.05, 0.1) is 11.0 Å². The molecular weight excluding hydrogens is 316 g/mol. The molecular formula is C16H14N2O4S. The van der Waals surface area contributed by atoms with Gasteiger partial charge in [0, 0.05) is 22.0 Å². The lowest BCUT2D eigenvalue weighted by atomic mass is 9.98. The van der Waals surface area contributed by atoms with E-state index in [1.165, 1.54) is 0 Å². The van der Waals surface area contributed by atoms with Crippen molar-refractivity contribution in [1.29, 1.82) is 0 Å². The predicted octanol–water partition coefficient (Wildman–Crippen LogP) is 2.65. The SMILES string of the molecule is Cc1cc2nc3cc(N)ccc3c(C=O)c2c(C)c1S(=O)(=O)O. The van der Waals surface area contributed by atoms with Crippen LogP contribution in [-0.2, 0) is 10.1 Å². The van der Waals surface area contributed by atoms with Crippen LogP contribution < -0.4 is 5.73 Å². The minimum atomic E-state index is -4.40. The number of hydrogen-bond donors (Lipinski definition) is 2. The van der Waals surface area contributed by atoms with Crippen molar-refractivity contribution in [2.24, 2.45) is 0 Å². The Kier molecular flexibility index (Phi) is 3.35. The number of nitrogens with zero attached hydrogens (tertiary/aromatic N) is 1. The minimum Gasteiger partial charge on any atom is -0.399 e. The van der Waals surface area contributed by atoms with Crippen molar-refractivity contribution in [1.82, 2.24) is 4.98 Å². The first-order valence-electron chi connectivity index (χ1n) is 6.80. The Morgan fingerprint density at radius 2 is 1.87 bits per heavy atom. The highest BCUT2D eigenvalue weighted by molar-refractivity contribution is 7.86. The summed E-state index contributed by atoms with van der Waals surface area (Å²) in [5, 5.41) is 0.991. The highest BCUT2D eigenvalue weighted by atomic mass is 32.2. The van der Waals surface area contributed by atoms with Gasteiger partial charge in [-0.25, -0.2) is 4.98 Å². The molecule has 0 amide bonds. The van der Waals surface area contributed by atoms with Crippen molar-refractivity contribution in [2.45, 2.75) is 18.7 Å². The lowest BCUT2D eigenvalue weighted by Crippen LogP contribution is -2.06. The summed E-state index contributed by atoms with van der Waals surface area (Å²) >= 11 is 0. The molecule has 2 aromatic carbocycles. The van der Waals surface area contributed by atoms with Crippen LogP contribution in [0.2, 0.25) is 0 Å². The fourth-order valence-corrected chi connectivity index (χ4v) is 3.98. The average molecular weight is 330 g/mol. The number of nitrogens with two attached hydrogens (primary N) is 1. The zero-order valence-corrected chi connectivity index (χ0v) is 13.3. The lowest BCUT2D eigenvalue weighted by molar-refractivity contribution is 0.112. The molecule has 0 unspecified atom stereocenters. The molecule has 0 bridgehead atoms. The molecule has 0 radical (unpaired) electrons. The summed E-state index contributed by atoms with van der Waals surface area (Å²) in [4.78, 5) is 15.9. The van der Waals surface area contributed by atoms with Crippen molar-refractivity contribution in [3.8, 4) is 0 Å². The Labute approximate surface area is 132 Å². The number of nitrogen functional groups attached to an aromatic ring is 1. The number of anilines is 1. The van der Waals surface area contributed by atoms with Crippen LogP contribution in [0, 0.1) is 13.8 Å². The Morgan fingerprint density at radius 1 is 1.17 bits per heavy atom. The number of pyridine rings is 1. The molecule has 0 aliphatic rings. The second kappa shape index (κ2) is 5.00. The van der Waals surface area contributed by atoms with E-state index in [1.54, 1.807) is 38.1 Å². The molecule has 0 saturated carbocycles. The molecule has 23 heavy (non-hydrogen) atoms. The number of aromatic nitrogens is 1. The number of fused-ring (bicyclic) bond motifs is 2. The first-order valence-corrected chi connectivity index (χ1v) is 8.24. The molecule has 0 atom stereocenters. The van der Waals surface area contributed by atoms with Crippen LogP contribution in [0.15, 0.2) is 29.2 Å². The van der Waals surface area contributed by atoms with Gasteiger partial charge in [-0.15, -0.1) is 0 Å². The summed E-state index contributed by atoms with van der Waals surface area (Å²) in [7, 11) is -4.40. The summed E-state index contributed by atoms with van der Waals surface area (Å²) < 4.78 is 32.8. The van der Waals surface area contributed by atoms with E-state index >= 15 is 0 Å². The summed E-state index contributed by atoms with van der Waals surface area (Å²) in [6.07, 6.45) is 0.665. The smallest absolute Gasteiger partial charge is 0.295 e. The largest absolute Gasteiger partial charge is 0.399 e. The van der Waals surface area contributed by atoms with Crippen LogP contribution in [0.5, 0.6) is 0 Å². The third-order valence-electron chi connectivity index (χ3n) is 3.88. The topological polar surface area (TPSA) is 110 Å². The van der Waals surface area contributed by atoms with E-state index in [9.17, 15) is 17.8 Å². The first-order chi connectivity index (χ1) is 10.7. The third-order valence-corrected chi connectivity index (χ3v) is 5.03. The van der Waals surface area contributed by atoms with Gasteiger partial charge in [-0.05, 0) is 43.2 Å². The maximum absolute atomic E-state index is 11.7. The maximum atomic E-state index is 11.7. The Hall–Kier alpha value is -2.51. The zero-order valence-electron chi connectivity index (χ0n) is 12.5. The minimum absolute atomic E-state index is 0.190. The second-order valence-corrected chi connectivity index (χ2v) is 6.80. The van der Waals surface area contributed by atoms with E-state index in [0.717, 1.165) is 0 Å². The molecule has 3 rings (SSSR count). The highest BCUT2D eigenvalue weighted by Crippen LogP contribution is 2.33. The summed E-state index contributed by atoms with van der Waals surface area (Å²) in [6, 6.07) is 6.52. The van der Waals surface area contributed by atoms with E-state index in [1.807, 2.05) is 0 Å². The van der Waals surface area contributed by atoms with Crippen molar-refractivity contribution in [2.75, 3.05) is 5.73 Å². The number of rotatable bonds is 2. The Bertz CT molecular complexity index is 1090. The number of hydrogen-bond acceptors (Lipinski definition) is 5. The monoisotopic (exact) mass is 330 g/mol. The fraction of sp³-hybridized carbons (Fsp3) is 0.125. The summed E-state index contributed by atoms with van der Waals surface area (Å²) in [5.41, 5.74) is 8.30. The quantitative estimate of drug-likeness (QED) is 0.323. The van der Waals surface area contributed by atoms with E-state index in [-0.39, 0.29) is 4.90 Å². The molecule has 0 aliphatic carbocycles. The molecule has 0 aliphatic heterocycles. The lowest BCUT2D eigenvalue weighted by Gasteiger charge is -2.14. The van der Waals surface area contributed by atoms with E-state index in [2.05, 4.69) is 4.98 Å². The molecule has 7 heteroatoms. The molecule has 6 nitrogen and oxygen atoms in total. The highest BCUT2D eigenvalue weighted by Gasteiger charge is 2.22. The van der Waals surface area contributed by atoms with Gasteiger partial charge in [-0.3, -0.25) is 9.35 Å². The van der Waals surface area contributed by atoms with Crippen molar-refractivity contribution < 1.29 is 17.8 Å². The molecule has 1 aromatic heterocycles. The van der Waals surface area contributed by atoms with E-state index < -0.39 is 10.1 Å². The molecule has 1 heterocycles. The molecule has 3 N–H and O–H groups in total. The second-order valence-electron chi connectivity index (χ2n) is 5.44. The Balaban J connectivity index is 2.62. The van der Waals surface area contributed by atoms with Gasteiger partial charge >= 0.3 is 0 Å². The van der Waals surface area contributed by atoms with Crippen LogP contribution in [0.1, 0.15) is 21.5 Å². The van der Waals surface area contributed by atoms with Crippen LogP contribution in [-0.4, -0.2) is 24.2 Å². The van der Waals surface area contributed by atoms with Gasteiger partial charge in [0.2, 0.25) is 0 Å². The zero-order chi connectivity index (χ0) is 16.9. The molecule has 0 spiro atoms. The van der Waals surface area contributed by atoms with Crippen LogP contribution in [0.25, 0.3) is 21.8 Å². The maximum Gasteiger partial charge on any atom is 0.295 e. The summed E-state index contributed by atoms with van der Waals surface area (Å²) in [5.74, 6) is 0.